The summed E-state index contributed by atoms with van der Waals surface area (Å²) in [6.07, 6.45) is 2.90. The molecule has 0 saturated carbocycles. The Morgan fingerprint density at radius 3 is 2.78 bits per heavy atom. The minimum Gasteiger partial charge on any atom is -0.348 e. The summed E-state index contributed by atoms with van der Waals surface area (Å²) < 4.78 is 13.7. The van der Waals surface area contributed by atoms with Gasteiger partial charge in [0.1, 0.15) is 5.82 Å². The monoisotopic (exact) mass is 316 g/mol. The zero-order valence-electron chi connectivity index (χ0n) is 10.4. The third kappa shape index (κ3) is 4.74. The quantitative estimate of drug-likeness (QED) is 0.848. The van der Waals surface area contributed by atoms with Crippen LogP contribution in [0.4, 0.5) is 4.39 Å². The average Bonchev–Trinajstić information content (AvgIpc) is 2.32. The molecule has 0 heterocycles. The highest BCUT2D eigenvalue weighted by molar-refractivity contribution is 9.10. The summed E-state index contributed by atoms with van der Waals surface area (Å²) in [4.78, 5) is 11.9. The minimum absolute atomic E-state index is 0.0560. The van der Waals surface area contributed by atoms with E-state index in [0.29, 0.717) is 16.6 Å². The molecular weight excluding hydrogens is 299 g/mol. The fourth-order valence-corrected chi connectivity index (χ4v) is 2.12. The lowest BCUT2D eigenvalue weighted by Crippen LogP contribution is -2.40. The van der Waals surface area contributed by atoms with Gasteiger partial charge in [0.05, 0.1) is 0 Å². The largest absolute Gasteiger partial charge is 0.348 e. The maximum atomic E-state index is 13.2. The van der Waals surface area contributed by atoms with Crippen molar-refractivity contribution in [3.63, 3.8) is 0 Å². The molecule has 1 rings (SSSR count). The molecule has 1 aromatic rings. The highest BCUT2D eigenvalue weighted by atomic mass is 79.9. The third-order valence-corrected chi connectivity index (χ3v) is 3.11. The van der Waals surface area contributed by atoms with Crippen LogP contribution in [0, 0.1) is 5.82 Å². The second-order valence-corrected chi connectivity index (χ2v) is 5.12. The van der Waals surface area contributed by atoms with Crippen molar-refractivity contribution < 1.29 is 9.18 Å². The van der Waals surface area contributed by atoms with Gasteiger partial charge in [0.2, 0.25) is 0 Å². The maximum absolute atomic E-state index is 13.2. The van der Waals surface area contributed by atoms with Crippen LogP contribution >= 0.6 is 15.9 Å². The van der Waals surface area contributed by atoms with Gasteiger partial charge in [-0.1, -0.05) is 35.7 Å². The lowest BCUT2D eigenvalue weighted by molar-refractivity contribution is 0.0935. The van der Waals surface area contributed by atoms with Crippen LogP contribution in [0.15, 0.2) is 22.7 Å². The normalized spacial score (nSPS) is 12.2. The lowest BCUT2D eigenvalue weighted by atomic mass is 10.1. The number of halogens is 2. The first-order chi connectivity index (χ1) is 8.56. The zero-order valence-corrected chi connectivity index (χ0v) is 12.0. The molecule has 1 unspecified atom stereocenters. The second-order valence-electron chi connectivity index (χ2n) is 4.21. The van der Waals surface area contributed by atoms with Crippen LogP contribution in [0.3, 0.4) is 0 Å². The van der Waals surface area contributed by atoms with Crippen molar-refractivity contribution in [2.24, 2.45) is 5.73 Å². The first-order valence-electron chi connectivity index (χ1n) is 6.03. The van der Waals surface area contributed by atoms with E-state index in [1.807, 2.05) is 0 Å². The Bertz CT molecular complexity index is 392. The van der Waals surface area contributed by atoms with Gasteiger partial charge in [0.25, 0.3) is 5.91 Å². The van der Waals surface area contributed by atoms with E-state index in [0.717, 1.165) is 19.3 Å². The first-order valence-corrected chi connectivity index (χ1v) is 6.83. The Balaban J connectivity index is 2.68. The van der Waals surface area contributed by atoms with Crippen molar-refractivity contribution in [2.45, 2.75) is 32.2 Å². The van der Waals surface area contributed by atoms with E-state index in [4.69, 9.17) is 5.73 Å². The SMILES string of the molecule is CCCCC(CN)NC(=O)c1cc(F)cc(Br)c1. The molecule has 0 fully saturated rings. The Morgan fingerprint density at radius 1 is 1.50 bits per heavy atom. The predicted molar refractivity (Wildman–Crippen MR) is 73.9 cm³/mol. The molecule has 0 bridgehead atoms. The fourth-order valence-electron chi connectivity index (χ4n) is 1.65. The number of nitrogens with two attached hydrogens (primary N) is 1. The van der Waals surface area contributed by atoms with Gasteiger partial charge in [-0.3, -0.25) is 4.79 Å². The van der Waals surface area contributed by atoms with Crippen molar-refractivity contribution in [1.82, 2.24) is 5.32 Å². The number of rotatable bonds is 6. The second kappa shape index (κ2) is 7.48. The minimum atomic E-state index is -0.438. The molecular formula is C13H18BrFN2O. The van der Waals surface area contributed by atoms with Gasteiger partial charge in [-0.25, -0.2) is 4.39 Å². The molecule has 18 heavy (non-hydrogen) atoms. The van der Waals surface area contributed by atoms with Gasteiger partial charge in [0, 0.05) is 22.6 Å². The molecule has 3 N–H and O–H groups in total. The number of unbranched alkanes of at least 4 members (excludes halogenated alkanes) is 1. The standard InChI is InChI=1S/C13H18BrFN2O/c1-2-3-4-12(8-16)17-13(18)9-5-10(14)7-11(15)6-9/h5-7,12H,2-4,8,16H2,1H3,(H,17,18). The van der Waals surface area contributed by atoms with Crippen molar-refractivity contribution >= 4 is 21.8 Å². The molecule has 0 saturated heterocycles. The summed E-state index contributed by atoms with van der Waals surface area (Å²) in [5.74, 6) is -0.728. The van der Waals surface area contributed by atoms with Crippen LogP contribution in [0.1, 0.15) is 36.5 Å². The Hall–Kier alpha value is -0.940. The van der Waals surface area contributed by atoms with Crippen molar-refractivity contribution in [2.75, 3.05) is 6.54 Å². The van der Waals surface area contributed by atoms with Crippen molar-refractivity contribution in [3.05, 3.63) is 34.1 Å². The Morgan fingerprint density at radius 2 is 2.22 bits per heavy atom. The Kier molecular flexibility index (Phi) is 6.29. The lowest BCUT2D eigenvalue weighted by Gasteiger charge is -2.16. The third-order valence-electron chi connectivity index (χ3n) is 2.65. The number of carbonyl (C=O) groups excluding carboxylic acids is 1. The average molecular weight is 317 g/mol. The summed E-state index contributed by atoms with van der Waals surface area (Å²) >= 11 is 3.16. The molecule has 0 spiro atoms. The zero-order chi connectivity index (χ0) is 13.5. The van der Waals surface area contributed by atoms with E-state index in [1.165, 1.54) is 12.1 Å². The van der Waals surface area contributed by atoms with E-state index in [-0.39, 0.29) is 11.9 Å². The van der Waals surface area contributed by atoms with E-state index in [9.17, 15) is 9.18 Å². The number of nitrogens with one attached hydrogen (secondary N) is 1. The Labute approximate surface area is 115 Å². The van der Waals surface area contributed by atoms with Crippen LogP contribution in [0.5, 0.6) is 0 Å². The highest BCUT2D eigenvalue weighted by Crippen LogP contribution is 2.15. The molecule has 3 nitrogen and oxygen atoms in total. The predicted octanol–water partition coefficient (Wildman–Crippen LogP) is 2.84. The van der Waals surface area contributed by atoms with Gasteiger partial charge in [-0.2, -0.15) is 0 Å². The molecule has 0 aliphatic heterocycles. The molecule has 0 aliphatic carbocycles. The fraction of sp³-hybridized carbons (Fsp3) is 0.462. The van der Waals surface area contributed by atoms with Gasteiger partial charge in [-0.05, 0) is 24.6 Å². The number of benzene rings is 1. The summed E-state index contributed by atoms with van der Waals surface area (Å²) in [5.41, 5.74) is 5.90. The summed E-state index contributed by atoms with van der Waals surface area (Å²) in [7, 11) is 0. The van der Waals surface area contributed by atoms with Crippen LogP contribution in [-0.4, -0.2) is 18.5 Å². The number of hydrogen-bond acceptors (Lipinski definition) is 2. The smallest absolute Gasteiger partial charge is 0.251 e. The van der Waals surface area contributed by atoms with E-state index in [1.54, 1.807) is 6.07 Å². The molecule has 1 atom stereocenters. The topological polar surface area (TPSA) is 55.1 Å². The van der Waals surface area contributed by atoms with E-state index >= 15 is 0 Å². The molecule has 1 amide bonds. The molecule has 100 valence electrons. The first kappa shape index (κ1) is 15.1. The molecule has 0 aliphatic rings. The summed E-state index contributed by atoms with van der Waals surface area (Å²) in [5, 5.41) is 2.82. The number of carbonyl (C=O) groups is 1. The van der Waals surface area contributed by atoms with Crippen LogP contribution in [-0.2, 0) is 0 Å². The highest BCUT2D eigenvalue weighted by Gasteiger charge is 2.13. The molecule has 1 aromatic carbocycles. The van der Waals surface area contributed by atoms with Crippen molar-refractivity contribution in [1.29, 1.82) is 0 Å². The summed E-state index contributed by atoms with van der Waals surface area (Å²) in [6.45, 7) is 2.47. The van der Waals surface area contributed by atoms with Crippen molar-refractivity contribution in [3.8, 4) is 0 Å². The maximum Gasteiger partial charge on any atom is 0.251 e. The molecule has 0 aromatic heterocycles. The van der Waals surface area contributed by atoms with Gasteiger partial charge >= 0.3 is 0 Å². The van der Waals surface area contributed by atoms with Gasteiger partial charge in [0.15, 0.2) is 0 Å². The van der Waals surface area contributed by atoms with Gasteiger partial charge in [-0.15, -0.1) is 0 Å². The van der Waals surface area contributed by atoms with E-state index in [2.05, 4.69) is 28.2 Å². The molecule has 5 heteroatoms. The number of amides is 1. The summed E-state index contributed by atoms with van der Waals surface area (Å²) in [6, 6.07) is 4.06. The van der Waals surface area contributed by atoms with Gasteiger partial charge < -0.3 is 11.1 Å². The van der Waals surface area contributed by atoms with Crippen LogP contribution < -0.4 is 11.1 Å². The number of hydrogen-bond donors (Lipinski definition) is 2. The van der Waals surface area contributed by atoms with E-state index < -0.39 is 5.82 Å². The van der Waals surface area contributed by atoms with Crippen LogP contribution in [0.2, 0.25) is 0 Å². The molecule has 0 radical (unpaired) electrons. The van der Waals surface area contributed by atoms with Crippen LogP contribution in [0.25, 0.3) is 0 Å².